The monoisotopic (exact) mass is 508 g/mol. The summed E-state index contributed by atoms with van der Waals surface area (Å²) in [4.78, 5) is 50.3. The predicted octanol–water partition coefficient (Wildman–Crippen LogP) is 4.05. The van der Waals surface area contributed by atoms with E-state index in [-0.39, 0.29) is 30.9 Å². The zero-order valence-electron chi connectivity index (χ0n) is 22.7. The molecule has 3 fully saturated rings. The highest BCUT2D eigenvalue weighted by atomic mass is 16.7. The van der Waals surface area contributed by atoms with Crippen molar-refractivity contribution in [3.05, 3.63) is 0 Å². The fraction of sp³-hybridized carbons (Fsp3) is 0.889. The van der Waals surface area contributed by atoms with Crippen LogP contribution in [0.4, 0.5) is 4.79 Å². The molecular formula is C27H48N4O5. The van der Waals surface area contributed by atoms with Gasteiger partial charge in [0.2, 0.25) is 5.91 Å². The van der Waals surface area contributed by atoms with Crippen molar-refractivity contribution in [3.8, 4) is 0 Å². The smallest absolute Gasteiger partial charge is 0.436 e. The highest BCUT2D eigenvalue weighted by molar-refractivity contribution is 5.92. The molecule has 3 amide bonds. The van der Waals surface area contributed by atoms with Crippen LogP contribution in [0.25, 0.3) is 0 Å². The zero-order valence-corrected chi connectivity index (χ0v) is 22.7. The molecule has 3 aliphatic rings. The number of carbonyl (C=O) groups is 3. The molecule has 0 aromatic rings. The Bertz CT molecular complexity index is 727. The highest BCUT2D eigenvalue weighted by Crippen LogP contribution is 2.35. The summed E-state index contributed by atoms with van der Waals surface area (Å²) in [6.45, 7) is 7.75. The number of piperazine rings is 1. The first-order valence-electron chi connectivity index (χ1n) is 14.3. The molecule has 36 heavy (non-hydrogen) atoms. The quantitative estimate of drug-likeness (QED) is 0.399. The van der Waals surface area contributed by atoms with Gasteiger partial charge in [-0.25, -0.2) is 4.79 Å². The van der Waals surface area contributed by atoms with Gasteiger partial charge in [-0.15, -0.1) is 0 Å². The van der Waals surface area contributed by atoms with Gasteiger partial charge in [0.25, 0.3) is 5.91 Å². The first-order chi connectivity index (χ1) is 17.4. The lowest BCUT2D eigenvalue weighted by atomic mass is 9.85. The zero-order chi connectivity index (χ0) is 26.1. The number of amides is 3. The average Bonchev–Trinajstić information content (AvgIpc) is 2.87. The maximum Gasteiger partial charge on any atom is 0.436 e. The van der Waals surface area contributed by atoms with E-state index in [1.54, 1.807) is 4.90 Å². The Balaban J connectivity index is 1.87. The van der Waals surface area contributed by atoms with Gasteiger partial charge in [-0.2, -0.15) is 5.06 Å². The Morgan fingerprint density at radius 3 is 2.50 bits per heavy atom. The second kappa shape index (κ2) is 14.2. The highest BCUT2D eigenvalue weighted by Gasteiger charge is 2.53. The number of nitrogens with zero attached hydrogens (tertiary/aromatic N) is 3. The van der Waals surface area contributed by atoms with Crippen LogP contribution in [0.5, 0.6) is 0 Å². The molecule has 1 saturated carbocycles. The number of hydrogen-bond acceptors (Lipinski definition) is 6. The molecule has 9 heteroatoms. The Labute approximate surface area is 216 Å². The largest absolute Gasteiger partial charge is 0.448 e. The van der Waals surface area contributed by atoms with Crippen molar-refractivity contribution >= 4 is 17.9 Å². The third kappa shape index (κ3) is 7.34. The molecule has 1 aliphatic carbocycles. The van der Waals surface area contributed by atoms with E-state index in [0.29, 0.717) is 31.8 Å². The van der Waals surface area contributed by atoms with Gasteiger partial charge in [0.15, 0.2) is 12.3 Å². The summed E-state index contributed by atoms with van der Waals surface area (Å²) >= 11 is 0. The average molecular weight is 509 g/mol. The van der Waals surface area contributed by atoms with E-state index < -0.39 is 24.4 Å². The number of fused-ring (bicyclic) bond motifs is 1. The molecular weight excluding hydrogens is 460 g/mol. The van der Waals surface area contributed by atoms with Crippen LogP contribution in [0.3, 0.4) is 0 Å². The van der Waals surface area contributed by atoms with Gasteiger partial charge in [-0.1, -0.05) is 65.7 Å². The lowest BCUT2D eigenvalue weighted by molar-refractivity contribution is -0.269. The molecule has 0 spiro atoms. The van der Waals surface area contributed by atoms with Crippen molar-refractivity contribution in [2.75, 3.05) is 26.2 Å². The third-order valence-electron chi connectivity index (χ3n) is 7.63. The molecule has 2 aliphatic heterocycles. The number of nitrogens with two attached hydrogens (primary N) is 1. The maximum absolute atomic E-state index is 13.9. The Kier molecular flexibility index (Phi) is 11.3. The van der Waals surface area contributed by atoms with E-state index in [0.717, 1.165) is 57.8 Å². The van der Waals surface area contributed by atoms with E-state index in [4.69, 9.17) is 15.3 Å². The molecule has 2 saturated heterocycles. The van der Waals surface area contributed by atoms with Crippen LogP contribution >= 0.6 is 0 Å². The first kappa shape index (κ1) is 28.7. The molecule has 0 aromatic heterocycles. The maximum atomic E-state index is 13.9. The SMILES string of the molecule is CCCCCN1CC2N(C(=O)OCC(C)C)O[C@H](CC3CCCCC3)C(=O)N2[C@@H](CCCCN)C1=O. The molecule has 9 nitrogen and oxygen atoms in total. The van der Waals surface area contributed by atoms with Gasteiger partial charge in [0.05, 0.1) is 13.2 Å². The fourth-order valence-electron chi connectivity index (χ4n) is 5.65. The van der Waals surface area contributed by atoms with Crippen LogP contribution in [0, 0.1) is 11.8 Å². The molecule has 0 bridgehead atoms. The number of hydroxylamine groups is 2. The van der Waals surface area contributed by atoms with Gasteiger partial charge in [0, 0.05) is 6.54 Å². The van der Waals surface area contributed by atoms with Crippen LogP contribution in [-0.2, 0) is 19.2 Å². The van der Waals surface area contributed by atoms with Gasteiger partial charge >= 0.3 is 6.09 Å². The van der Waals surface area contributed by atoms with Gasteiger partial charge in [0.1, 0.15) is 6.04 Å². The number of carbonyl (C=O) groups excluding carboxylic acids is 3. The molecule has 1 unspecified atom stereocenters. The van der Waals surface area contributed by atoms with E-state index in [9.17, 15) is 14.4 Å². The van der Waals surface area contributed by atoms with Crippen LogP contribution in [-0.4, -0.2) is 77.3 Å². The number of hydrogen-bond donors (Lipinski definition) is 1. The number of unbranched alkanes of at least 4 members (excludes halogenated alkanes) is 3. The summed E-state index contributed by atoms with van der Waals surface area (Å²) in [6.07, 6.45) is 9.25. The van der Waals surface area contributed by atoms with Gasteiger partial charge in [-0.05, 0) is 50.5 Å². The summed E-state index contributed by atoms with van der Waals surface area (Å²) in [5.74, 6) is 0.371. The Morgan fingerprint density at radius 2 is 1.83 bits per heavy atom. The lowest BCUT2D eigenvalue weighted by Crippen LogP contribution is -2.73. The van der Waals surface area contributed by atoms with E-state index in [1.165, 1.54) is 11.5 Å². The summed E-state index contributed by atoms with van der Waals surface area (Å²) in [5.41, 5.74) is 5.73. The molecule has 3 rings (SSSR count). The molecule has 206 valence electrons. The van der Waals surface area contributed by atoms with E-state index in [1.807, 2.05) is 18.7 Å². The summed E-state index contributed by atoms with van der Waals surface area (Å²) < 4.78 is 5.56. The minimum atomic E-state index is -0.771. The standard InChI is InChI=1S/C27H48N4O5/c1-4-5-11-16-29-18-24-30(22(25(29)32)14-9-10-15-28)26(33)23(17-21-12-7-6-8-13-21)36-31(24)27(34)35-19-20(2)3/h20-24H,4-19,28H2,1-3H3/t22-,23+,24?/m0/s1. The molecule has 0 radical (unpaired) electrons. The van der Waals surface area contributed by atoms with Crippen LogP contribution in [0.15, 0.2) is 0 Å². The van der Waals surface area contributed by atoms with E-state index in [2.05, 4.69) is 6.92 Å². The summed E-state index contributed by atoms with van der Waals surface area (Å²) in [7, 11) is 0. The van der Waals surface area contributed by atoms with Crippen molar-refractivity contribution < 1.29 is 24.0 Å². The van der Waals surface area contributed by atoms with Crippen LogP contribution in [0.1, 0.15) is 97.8 Å². The minimum Gasteiger partial charge on any atom is -0.448 e. The van der Waals surface area contributed by atoms with Gasteiger partial charge in [-0.3, -0.25) is 14.4 Å². The van der Waals surface area contributed by atoms with Crippen molar-refractivity contribution in [2.45, 2.75) is 116 Å². The van der Waals surface area contributed by atoms with Crippen molar-refractivity contribution in [2.24, 2.45) is 17.6 Å². The van der Waals surface area contributed by atoms with Crippen LogP contribution < -0.4 is 5.73 Å². The van der Waals surface area contributed by atoms with Crippen molar-refractivity contribution in [1.29, 1.82) is 0 Å². The second-order valence-electron chi connectivity index (χ2n) is 11.1. The molecule has 3 atom stereocenters. The first-order valence-corrected chi connectivity index (χ1v) is 14.3. The molecule has 2 heterocycles. The normalized spacial score (nSPS) is 25.5. The van der Waals surface area contributed by atoms with Gasteiger partial charge < -0.3 is 20.3 Å². The Hall–Kier alpha value is -1.87. The van der Waals surface area contributed by atoms with E-state index >= 15 is 0 Å². The molecule has 2 N–H and O–H groups in total. The minimum absolute atomic E-state index is 0.0264. The second-order valence-corrected chi connectivity index (χ2v) is 11.1. The van der Waals surface area contributed by atoms with Crippen molar-refractivity contribution in [3.63, 3.8) is 0 Å². The third-order valence-corrected chi connectivity index (χ3v) is 7.63. The predicted molar refractivity (Wildman–Crippen MR) is 138 cm³/mol. The molecule has 0 aromatic carbocycles. The number of ether oxygens (including phenoxy) is 1. The Morgan fingerprint density at radius 1 is 1.08 bits per heavy atom. The lowest BCUT2D eigenvalue weighted by Gasteiger charge is -2.53. The summed E-state index contributed by atoms with van der Waals surface area (Å²) in [5, 5.41) is 1.27. The fourth-order valence-corrected chi connectivity index (χ4v) is 5.65. The topological polar surface area (TPSA) is 105 Å². The van der Waals surface area contributed by atoms with Crippen LogP contribution in [0.2, 0.25) is 0 Å². The van der Waals surface area contributed by atoms with Crippen molar-refractivity contribution in [1.82, 2.24) is 14.9 Å². The summed E-state index contributed by atoms with van der Waals surface area (Å²) in [6, 6.07) is -0.609. The number of rotatable bonds is 12.